The van der Waals surface area contributed by atoms with Gasteiger partial charge in [0.05, 0.1) is 17.7 Å². The Morgan fingerprint density at radius 3 is 2.80 bits per heavy atom. The molecule has 0 aliphatic rings. The molecule has 1 aromatic heterocycles. The molecule has 0 spiro atoms. The van der Waals surface area contributed by atoms with E-state index in [1.54, 1.807) is 16.8 Å². The van der Waals surface area contributed by atoms with E-state index >= 15 is 0 Å². The quantitative estimate of drug-likeness (QED) is 0.640. The number of nitro benzene ring substituents is 1. The first-order valence-corrected chi connectivity index (χ1v) is 6.10. The van der Waals surface area contributed by atoms with Crippen LogP contribution in [0.15, 0.2) is 30.5 Å². The van der Waals surface area contributed by atoms with Crippen molar-refractivity contribution in [3.8, 4) is 5.75 Å². The molecule has 0 unspecified atom stereocenters. The number of hydrogen-bond acceptors (Lipinski definition) is 5. The zero-order valence-electron chi connectivity index (χ0n) is 11.4. The molecule has 106 valence electrons. The van der Waals surface area contributed by atoms with Crippen LogP contribution in [0.1, 0.15) is 11.3 Å². The molecule has 1 N–H and O–H groups in total. The van der Waals surface area contributed by atoms with Crippen LogP contribution in [0.25, 0.3) is 0 Å². The molecule has 20 heavy (non-hydrogen) atoms. The lowest BCUT2D eigenvalue weighted by molar-refractivity contribution is -0.385. The third kappa shape index (κ3) is 3.33. The van der Waals surface area contributed by atoms with E-state index in [0.29, 0.717) is 13.1 Å². The summed E-state index contributed by atoms with van der Waals surface area (Å²) in [6, 6.07) is 6.85. The summed E-state index contributed by atoms with van der Waals surface area (Å²) < 4.78 is 6.69. The first kappa shape index (κ1) is 14.0. The molecule has 0 bridgehead atoms. The first-order chi connectivity index (χ1) is 9.60. The summed E-state index contributed by atoms with van der Waals surface area (Å²) in [6.45, 7) is 1.14. The molecule has 0 radical (unpaired) electrons. The molecule has 7 heteroatoms. The van der Waals surface area contributed by atoms with Crippen molar-refractivity contribution in [1.29, 1.82) is 0 Å². The number of aromatic nitrogens is 2. The summed E-state index contributed by atoms with van der Waals surface area (Å²) in [7, 11) is 3.28. The van der Waals surface area contributed by atoms with E-state index in [2.05, 4.69) is 10.4 Å². The second-order valence-electron chi connectivity index (χ2n) is 4.35. The molecule has 0 atom stereocenters. The van der Waals surface area contributed by atoms with Gasteiger partial charge >= 0.3 is 5.69 Å². The number of benzene rings is 1. The molecule has 2 aromatic rings. The van der Waals surface area contributed by atoms with Gasteiger partial charge in [-0.3, -0.25) is 14.8 Å². The van der Waals surface area contributed by atoms with Crippen molar-refractivity contribution < 1.29 is 9.66 Å². The second kappa shape index (κ2) is 6.16. The minimum absolute atomic E-state index is 0.0235. The molecule has 0 saturated carbocycles. The van der Waals surface area contributed by atoms with Crippen LogP contribution >= 0.6 is 0 Å². The highest BCUT2D eigenvalue weighted by Gasteiger charge is 2.14. The fourth-order valence-electron chi connectivity index (χ4n) is 1.88. The molecule has 0 amide bonds. The zero-order chi connectivity index (χ0) is 14.5. The number of methoxy groups -OCH3 is 1. The van der Waals surface area contributed by atoms with Crippen molar-refractivity contribution in [1.82, 2.24) is 15.1 Å². The lowest BCUT2D eigenvalue weighted by atomic mass is 10.2. The van der Waals surface area contributed by atoms with Crippen LogP contribution in [-0.4, -0.2) is 21.8 Å². The van der Waals surface area contributed by atoms with Crippen LogP contribution in [0.3, 0.4) is 0 Å². The van der Waals surface area contributed by atoms with Crippen LogP contribution in [-0.2, 0) is 20.1 Å². The summed E-state index contributed by atoms with van der Waals surface area (Å²) in [5.74, 6) is 0.267. The van der Waals surface area contributed by atoms with Gasteiger partial charge in [-0.25, -0.2) is 0 Å². The standard InChI is InChI=1S/C13H16N4O3/c1-16-6-5-11(15-16)9-14-8-10-3-4-13(20-2)12(7-10)17(18)19/h3-7,14H,8-9H2,1-2H3. The lowest BCUT2D eigenvalue weighted by Crippen LogP contribution is -2.13. The first-order valence-electron chi connectivity index (χ1n) is 6.10. The van der Waals surface area contributed by atoms with Gasteiger partial charge in [0, 0.05) is 32.4 Å². The van der Waals surface area contributed by atoms with E-state index in [9.17, 15) is 10.1 Å². The number of nitro groups is 1. The van der Waals surface area contributed by atoms with E-state index in [0.717, 1.165) is 11.3 Å². The average molecular weight is 276 g/mol. The van der Waals surface area contributed by atoms with Gasteiger partial charge < -0.3 is 10.1 Å². The monoisotopic (exact) mass is 276 g/mol. The van der Waals surface area contributed by atoms with Crippen LogP contribution in [0.2, 0.25) is 0 Å². The summed E-state index contributed by atoms with van der Waals surface area (Å²) in [4.78, 5) is 10.5. The zero-order valence-corrected chi connectivity index (χ0v) is 11.4. The number of nitrogens with one attached hydrogen (secondary N) is 1. The molecule has 2 rings (SSSR count). The second-order valence-corrected chi connectivity index (χ2v) is 4.35. The summed E-state index contributed by atoms with van der Waals surface area (Å²) in [5.41, 5.74) is 1.73. The fraction of sp³-hybridized carbons (Fsp3) is 0.308. The summed E-state index contributed by atoms with van der Waals surface area (Å²) in [6.07, 6.45) is 1.87. The van der Waals surface area contributed by atoms with Crippen LogP contribution < -0.4 is 10.1 Å². The van der Waals surface area contributed by atoms with Crippen LogP contribution in [0.4, 0.5) is 5.69 Å². The highest BCUT2D eigenvalue weighted by Crippen LogP contribution is 2.27. The number of ether oxygens (including phenoxy) is 1. The number of hydrogen-bond donors (Lipinski definition) is 1. The number of aryl methyl sites for hydroxylation is 1. The smallest absolute Gasteiger partial charge is 0.311 e. The molecular weight excluding hydrogens is 260 g/mol. The Bertz CT molecular complexity index is 609. The lowest BCUT2D eigenvalue weighted by Gasteiger charge is -2.06. The minimum atomic E-state index is -0.443. The molecule has 0 aliphatic heterocycles. The van der Waals surface area contributed by atoms with Gasteiger partial charge in [-0.15, -0.1) is 0 Å². The van der Waals surface area contributed by atoms with Gasteiger partial charge in [0.1, 0.15) is 0 Å². The van der Waals surface area contributed by atoms with Crippen molar-refractivity contribution >= 4 is 5.69 Å². The number of rotatable bonds is 6. The highest BCUT2D eigenvalue weighted by molar-refractivity contribution is 5.48. The Morgan fingerprint density at radius 2 is 2.20 bits per heavy atom. The van der Waals surface area contributed by atoms with Gasteiger partial charge in [-0.2, -0.15) is 5.10 Å². The Balaban J connectivity index is 1.99. The van der Waals surface area contributed by atoms with E-state index in [-0.39, 0.29) is 11.4 Å². The van der Waals surface area contributed by atoms with Crippen molar-refractivity contribution in [2.75, 3.05) is 7.11 Å². The maximum absolute atomic E-state index is 10.9. The third-order valence-corrected chi connectivity index (χ3v) is 2.84. The van der Waals surface area contributed by atoms with Gasteiger partial charge in [0.25, 0.3) is 0 Å². The van der Waals surface area contributed by atoms with Crippen molar-refractivity contribution in [2.24, 2.45) is 7.05 Å². The third-order valence-electron chi connectivity index (χ3n) is 2.84. The van der Waals surface area contributed by atoms with Gasteiger partial charge in [0.15, 0.2) is 5.75 Å². The minimum Gasteiger partial charge on any atom is -0.490 e. The molecular formula is C13H16N4O3. The summed E-state index contributed by atoms with van der Waals surface area (Å²) in [5, 5.41) is 18.4. The predicted molar refractivity (Wildman–Crippen MR) is 73.4 cm³/mol. The van der Waals surface area contributed by atoms with Crippen molar-refractivity contribution in [3.05, 3.63) is 51.8 Å². The Hall–Kier alpha value is -2.41. The molecule has 0 saturated heterocycles. The van der Waals surface area contributed by atoms with Crippen molar-refractivity contribution in [3.63, 3.8) is 0 Å². The molecule has 1 heterocycles. The largest absolute Gasteiger partial charge is 0.490 e. The molecule has 0 fully saturated rings. The molecule has 7 nitrogen and oxygen atoms in total. The van der Waals surface area contributed by atoms with Gasteiger partial charge in [0.2, 0.25) is 0 Å². The Morgan fingerprint density at radius 1 is 1.40 bits per heavy atom. The normalized spacial score (nSPS) is 10.5. The van der Waals surface area contributed by atoms with Gasteiger partial charge in [-0.1, -0.05) is 6.07 Å². The Labute approximate surface area is 116 Å². The Kier molecular flexibility index (Phi) is 4.31. The SMILES string of the molecule is COc1ccc(CNCc2ccn(C)n2)cc1[N+](=O)[O-]. The van der Waals surface area contributed by atoms with E-state index < -0.39 is 4.92 Å². The van der Waals surface area contributed by atoms with E-state index in [1.807, 2.05) is 19.3 Å². The summed E-state index contributed by atoms with van der Waals surface area (Å²) >= 11 is 0. The topological polar surface area (TPSA) is 82.2 Å². The fourth-order valence-corrected chi connectivity index (χ4v) is 1.88. The van der Waals surface area contributed by atoms with E-state index in [1.165, 1.54) is 13.2 Å². The highest BCUT2D eigenvalue weighted by atomic mass is 16.6. The molecule has 0 aliphatic carbocycles. The van der Waals surface area contributed by atoms with Crippen molar-refractivity contribution in [2.45, 2.75) is 13.1 Å². The number of nitrogens with zero attached hydrogens (tertiary/aromatic N) is 3. The van der Waals surface area contributed by atoms with Crippen LogP contribution in [0, 0.1) is 10.1 Å². The maximum atomic E-state index is 10.9. The molecule has 1 aromatic carbocycles. The maximum Gasteiger partial charge on any atom is 0.311 e. The van der Waals surface area contributed by atoms with E-state index in [4.69, 9.17) is 4.74 Å². The average Bonchev–Trinajstić information content (AvgIpc) is 2.84. The van der Waals surface area contributed by atoms with Crippen LogP contribution in [0.5, 0.6) is 5.75 Å². The predicted octanol–water partition coefficient (Wildman–Crippen LogP) is 1.63. The van der Waals surface area contributed by atoms with Gasteiger partial charge in [-0.05, 0) is 17.7 Å².